The van der Waals surface area contributed by atoms with Crippen molar-refractivity contribution < 1.29 is 8.85 Å². The van der Waals surface area contributed by atoms with Crippen LogP contribution in [0.1, 0.15) is 20.3 Å². The second-order valence-electron chi connectivity index (χ2n) is 3.69. The molecule has 94 valence electrons. The fraction of sp³-hybridized carbons (Fsp3) is 0.600. The van der Waals surface area contributed by atoms with E-state index in [1.54, 1.807) is 7.11 Å². The summed E-state index contributed by atoms with van der Waals surface area (Å²) in [5.41, 5.74) is 16.4. The maximum absolute atomic E-state index is 5.47. The lowest BCUT2D eigenvalue weighted by Gasteiger charge is -2.33. The Morgan fingerprint density at radius 1 is 1.31 bits per heavy atom. The highest BCUT2D eigenvalue weighted by atomic mass is 28.4. The largest absolute Gasteiger partial charge is 0.395 e. The minimum atomic E-state index is -2.59. The highest BCUT2D eigenvalue weighted by Crippen LogP contribution is 2.22. The zero-order valence-electron chi connectivity index (χ0n) is 10.5. The van der Waals surface area contributed by atoms with E-state index in [4.69, 9.17) is 26.1 Å². The lowest BCUT2D eigenvalue weighted by Crippen LogP contribution is -2.66. The van der Waals surface area contributed by atoms with Crippen LogP contribution in [-0.2, 0) is 8.85 Å². The SMILES string of the molecule is CC=CCC(=CC)[Si](C)(OC)OC(N)(N)N. The van der Waals surface area contributed by atoms with Gasteiger partial charge in [-0.3, -0.25) is 17.2 Å². The van der Waals surface area contributed by atoms with Gasteiger partial charge in [0.15, 0.2) is 0 Å². The molecule has 0 heterocycles. The average molecular weight is 245 g/mol. The Labute approximate surface area is 98.5 Å². The van der Waals surface area contributed by atoms with E-state index < -0.39 is 14.5 Å². The molecule has 0 spiro atoms. The molecule has 0 fully saturated rings. The van der Waals surface area contributed by atoms with Crippen molar-refractivity contribution in [2.24, 2.45) is 17.2 Å². The van der Waals surface area contributed by atoms with E-state index in [0.717, 1.165) is 11.6 Å². The summed E-state index contributed by atoms with van der Waals surface area (Å²) >= 11 is 0. The second kappa shape index (κ2) is 6.29. The van der Waals surface area contributed by atoms with E-state index in [2.05, 4.69) is 0 Å². The van der Waals surface area contributed by atoms with Crippen molar-refractivity contribution in [1.82, 2.24) is 0 Å². The Morgan fingerprint density at radius 2 is 1.88 bits per heavy atom. The minimum absolute atomic E-state index is 0.750. The van der Waals surface area contributed by atoms with E-state index in [1.807, 2.05) is 38.6 Å². The van der Waals surface area contributed by atoms with Crippen molar-refractivity contribution in [3.63, 3.8) is 0 Å². The van der Waals surface area contributed by atoms with Gasteiger partial charge in [-0.15, -0.1) is 0 Å². The monoisotopic (exact) mass is 245 g/mol. The van der Waals surface area contributed by atoms with Crippen LogP contribution in [0.5, 0.6) is 0 Å². The molecule has 1 atom stereocenters. The number of hydrogen-bond donors (Lipinski definition) is 3. The molecule has 0 aliphatic heterocycles. The predicted molar refractivity (Wildman–Crippen MR) is 68.2 cm³/mol. The van der Waals surface area contributed by atoms with Crippen LogP contribution in [0, 0.1) is 0 Å². The highest BCUT2D eigenvalue weighted by Gasteiger charge is 2.39. The Bertz CT molecular complexity index is 274. The van der Waals surface area contributed by atoms with Crippen LogP contribution in [0.3, 0.4) is 0 Å². The first-order chi connectivity index (χ1) is 7.29. The minimum Gasteiger partial charge on any atom is -0.395 e. The van der Waals surface area contributed by atoms with Crippen LogP contribution >= 0.6 is 0 Å². The molecule has 16 heavy (non-hydrogen) atoms. The standard InChI is InChI=1S/C10H23N3O2Si/c1-5-7-8-9(6-2)16(4,14-3)15-10(11,12)13/h5-7H,8,11-13H2,1-4H3. The van der Waals surface area contributed by atoms with Crippen molar-refractivity contribution >= 4 is 8.56 Å². The molecule has 0 saturated carbocycles. The van der Waals surface area contributed by atoms with Gasteiger partial charge in [-0.2, -0.15) is 0 Å². The molecule has 0 aromatic carbocycles. The van der Waals surface area contributed by atoms with Gasteiger partial charge in [0.05, 0.1) is 0 Å². The van der Waals surface area contributed by atoms with Gasteiger partial charge < -0.3 is 8.85 Å². The van der Waals surface area contributed by atoms with Crippen LogP contribution in [0.15, 0.2) is 23.4 Å². The Kier molecular flexibility index (Phi) is 6.09. The Balaban J connectivity index is 4.91. The molecular weight excluding hydrogens is 222 g/mol. The molecule has 0 aliphatic carbocycles. The van der Waals surface area contributed by atoms with Crippen LogP contribution in [0.2, 0.25) is 6.55 Å². The zero-order chi connectivity index (χ0) is 12.8. The molecule has 0 aromatic rings. The molecule has 0 aromatic heterocycles. The normalized spacial score (nSPS) is 17.8. The first kappa shape index (κ1) is 15.5. The first-order valence-corrected chi connectivity index (χ1v) is 7.49. The van der Waals surface area contributed by atoms with Crippen LogP contribution in [0.4, 0.5) is 0 Å². The van der Waals surface area contributed by atoms with Gasteiger partial charge >= 0.3 is 8.56 Å². The van der Waals surface area contributed by atoms with Gasteiger partial charge in [0.1, 0.15) is 0 Å². The lowest BCUT2D eigenvalue weighted by atomic mass is 10.3. The summed E-state index contributed by atoms with van der Waals surface area (Å²) in [6.07, 6.45) is 6.70. The fourth-order valence-corrected chi connectivity index (χ4v) is 3.55. The quantitative estimate of drug-likeness (QED) is 0.363. The topological polar surface area (TPSA) is 96.5 Å². The summed E-state index contributed by atoms with van der Waals surface area (Å²) in [5.74, 6) is -1.67. The van der Waals surface area contributed by atoms with Gasteiger partial charge in [0, 0.05) is 7.11 Å². The number of allylic oxidation sites excluding steroid dienone is 4. The fourth-order valence-electron chi connectivity index (χ4n) is 1.39. The molecule has 5 nitrogen and oxygen atoms in total. The zero-order valence-corrected chi connectivity index (χ0v) is 11.5. The van der Waals surface area contributed by atoms with Crippen molar-refractivity contribution in [3.8, 4) is 0 Å². The van der Waals surface area contributed by atoms with E-state index in [1.165, 1.54) is 0 Å². The smallest absolute Gasteiger partial charge is 0.368 e. The highest BCUT2D eigenvalue weighted by molar-refractivity contribution is 6.73. The van der Waals surface area contributed by atoms with Gasteiger partial charge in [0.2, 0.25) is 5.97 Å². The van der Waals surface area contributed by atoms with E-state index in [0.29, 0.717) is 0 Å². The summed E-state index contributed by atoms with van der Waals surface area (Å²) in [4.78, 5) is 0. The summed E-state index contributed by atoms with van der Waals surface area (Å²) in [5, 5.41) is 1.04. The molecule has 1 unspecified atom stereocenters. The first-order valence-electron chi connectivity index (χ1n) is 5.18. The molecule has 0 bridgehead atoms. The molecule has 0 aliphatic rings. The van der Waals surface area contributed by atoms with Gasteiger partial charge in [-0.1, -0.05) is 18.2 Å². The van der Waals surface area contributed by atoms with Crippen molar-refractivity contribution in [3.05, 3.63) is 23.4 Å². The number of nitrogens with two attached hydrogens (primary N) is 3. The van der Waals surface area contributed by atoms with Gasteiger partial charge in [-0.25, -0.2) is 0 Å². The number of rotatable bonds is 6. The summed E-state index contributed by atoms with van der Waals surface area (Å²) < 4.78 is 10.9. The third-order valence-electron chi connectivity index (χ3n) is 2.27. The molecule has 6 N–H and O–H groups in total. The van der Waals surface area contributed by atoms with E-state index in [-0.39, 0.29) is 0 Å². The van der Waals surface area contributed by atoms with Gasteiger partial charge in [0.25, 0.3) is 0 Å². The van der Waals surface area contributed by atoms with Gasteiger partial charge in [-0.05, 0) is 32.0 Å². The average Bonchev–Trinajstić information content (AvgIpc) is 2.16. The molecule has 6 heteroatoms. The molecule has 0 amide bonds. The third-order valence-corrected chi connectivity index (χ3v) is 5.45. The third kappa shape index (κ3) is 5.02. The maximum Gasteiger partial charge on any atom is 0.368 e. The summed E-state index contributed by atoms with van der Waals surface area (Å²) in [6.45, 7) is 5.75. The molecule has 0 saturated heterocycles. The maximum atomic E-state index is 5.47. The van der Waals surface area contributed by atoms with Crippen LogP contribution in [0.25, 0.3) is 0 Å². The van der Waals surface area contributed by atoms with Crippen molar-refractivity contribution in [2.75, 3.05) is 7.11 Å². The van der Waals surface area contributed by atoms with E-state index >= 15 is 0 Å². The molecular formula is C10H23N3O2Si. The number of hydrogen-bond acceptors (Lipinski definition) is 5. The summed E-state index contributed by atoms with van der Waals surface area (Å²) in [6, 6.07) is 0. The Morgan fingerprint density at radius 3 is 2.19 bits per heavy atom. The summed E-state index contributed by atoms with van der Waals surface area (Å²) in [7, 11) is -1.01. The molecule has 0 radical (unpaired) electrons. The predicted octanol–water partition coefficient (Wildman–Crippen LogP) is 0.661. The lowest BCUT2D eigenvalue weighted by molar-refractivity contribution is 0.0481. The second-order valence-corrected chi connectivity index (χ2v) is 6.84. The van der Waals surface area contributed by atoms with Crippen LogP contribution < -0.4 is 17.2 Å². The molecule has 0 rings (SSSR count). The Hall–Kier alpha value is -0.503. The van der Waals surface area contributed by atoms with Crippen LogP contribution in [-0.4, -0.2) is 21.6 Å². The van der Waals surface area contributed by atoms with Crippen molar-refractivity contribution in [1.29, 1.82) is 0 Å². The van der Waals surface area contributed by atoms with E-state index in [9.17, 15) is 0 Å². The van der Waals surface area contributed by atoms with Crippen molar-refractivity contribution in [2.45, 2.75) is 32.8 Å².